The van der Waals surface area contributed by atoms with E-state index in [1.165, 1.54) is 0 Å². The minimum Gasteiger partial charge on any atom is -0.382 e. The molecule has 1 aromatic heterocycles. The average molecular weight is 518 g/mol. The van der Waals surface area contributed by atoms with Gasteiger partial charge in [0.2, 0.25) is 0 Å². The number of hydrogen-bond acceptors (Lipinski definition) is 6. The second-order valence-corrected chi connectivity index (χ2v) is 11.7. The zero-order valence-electron chi connectivity index (χ0n) is 22.8. The Morgan fingerprint density at radius 2 is 1.68 bits per heavy atom. The Kier molecular flexibility index (Phi) is 7.16. The van der Waals surface area contributed by atoms with Gasteiger partial charge in [0.25, 0.3) is 11.8 Å². The third kappa shape index (κ3) is 5.26. The van der Waals surface area contributed by atoms with Gasteiger partial charge in [0.1, 0.15) is 5.82 Å². The summed E-state index contributed by atoms with van der Waals surface area (Å²) < 4.78 is 0. The first kappa shape index (κ1) is 26.2. The summed E-state index contributed by atoms with van der Waals surface area (Å²) in [5.41, 5.74) is 8.63. The second kappa shape index (κ2) is 10.4. The highest BCUT2D eigenvalue weighted by atomic mass is 16.2. The summed E-state index contributed by atoms with van der Waals surface area (Å²) in [6, 6.07) is 8.16. The molecular formula is C30H39N5O3. The number of fused-ring (bicyclic) bond motifs is 2. The van der Waals surface area contributed by atoms with Crippen molar-refractivity contribution in [1.82, 2.24) is 10.3 Å². The minimum absolute atomic E-state index is 0.0631. The molecule has 3 aliphatic rings. The van der Waals surface area contributed by atoms with Crippen molar-refractivity contribution in [3.63, 3.8) is 0 Å². The smallest absolute Gasteiger partial charge is 0.251 e. The Labute approximate surface area is 224 Å². The summed E-state index contributed by atoms with van der Waals surface area (Å²) >= 11 is 0. The van der Waals surface area contributed by atoms with Gasteiger partial charge in [-0.3, -0.25) is 14.4 Å². The molecule has 2 aliphatic heterocycles. The zero-order valence-corrected chi connectivity index (χ0v) is 22.8. The molecule has 3 atom stereocenters. The molecule has 3 fully saturated rings. The highest BCUT2D eigenvalue weighted by Gasteiger charge is 2.42. The maximum Gasteiger partial charge on any atom is 0.251 e. The Balaban J connectivity index is 1.27. The van der Waals surface area contributed by atoms with Crippen LogP contribution >= 0.6 is 0 Å². The van der Waals surface area contributed by atoms with E-state index in [1.54, 1.807) is 18.3 Å². The summed E-state index contributed by atoms with van der Waals surface area (Å²) in [7, 11) is 0. The Bertz CT molecular complexity index is 1220. The number of piperidine rings is 1. The molecule has 0 spiro atoms. The van der Waals surface area contributed by atoms with Gasteiger partial charge in [0, 0.05) is 53.1 Å². The molecule has 1 aromatic carbocycles. The normalized spacial score (nSPS) is 23.3. The lowest BCUT2D eigenvalue weighted by Crippen LogP contribution is -2.50. The number of ketones is 1. The molecule has 5 rings (SSSR count). The van der Waals surface area contributed by atoms with Crippen LogP contribution in [0.4, 0.5) is 11.5 Å². The molecule has 202 valence electrons. The molecular weight excluding hydrogens is 478 g/mol. The quantitative estimate of drug-likeness (QED) is 0.423. The van der Waals surface area contributed by atoms with Gasteiger partial charge >= 0.3 is 0 Å². The summed E-state index contributed by atoms with van der Waals surface area (Å²) in [5, 5.41) is 6.64. The molecule has 1 aliphatic carbocycles. The van der Waals surface area contributed by atoms with E-state index in [4.69, 9.17) is 5.73 Å². The van der Waals surface area contributed by atoms with Crippen molar-refractivity contribution >= 4 is 29.1 Å². The minimum atomic E-state index is -0.513. The van der Waals surface area contributed by atoms with Crippen molar-refractivity contribution in [3.05, 3.63) is 52.7 Å². The van der Waals surface area contributed by atoms with E-state index in [-0.39, 0.29) is 29.7 Å². The fourth-order valence-electron chi connectivity index (χ4n) is 5.89. The predicted molar refractivity (Wildman–Crippen MR) is 149 cm³/mol. The average Bonchev–Trinajstić information content (AvgIpc) is 3.69. The van der Waals surface area contributed by atoms with Crippen LogP contribution in [0.1, 0.15) is 95.9 Å². The molecule has 38 heavy (non-hydrogen) atoms. The number of benzene rings is 1. The lowest BCUT2D eigenvalue weighted by Gasteiger charge is -2.40. The highest BCUT2D eigenvalue weighted by molar-refractivity contribution is 6.03. The van der Waals surface area contributed by atoms with E-state index in [1.807, 2.05) is 26.0 Å². The van der Waals surface area contributed by atoms with Crippen molar-refractivity contribution in [3.8, 4) is 0 Å². The number of hydrogen-bond donors (Lipinski definition) is 3. The first-order chi connectivity index (χ1) is 18.1. The number of nitrogens with zero attached hydrogens (tertiary/aromatic N) is 2. The Hall–Kier alpha value is -3.42. The van der Waals surface area contributed by atoms with Gasteiger partial charge in [0.05, 0.1) is 5.56 Å². The number of pyridine rings is 1. The Morgan fingerprint density at radius 3 is 2.24 bits per heavy atom. The summed E-state index contributed by atoms with van der Waals surface area (Å²) in [4.78, 5) is 44.9. The van der Waals surface area contributed by atoms with Crippen LogP contribution in [0.25, 0.3) is 0 Å². The zero-order chi connectivity index (χ0) is 27.1. The highest BCUT2D eigenvalue weighted by Crippen LogP contribution is 2.39. The van der Waals surface area contributed by atoms with Crippen LogP contribution in [0.2, 0.25) is 0 Å². The third-order valence-electron chi connectivity index (χ3n) is 8.57. The SMILES string of the molecule is Cc1cc(C(N)=O)c(N[C@H](C)C(C)C)cc1C(=O)NC1CC2CCC(C1)N2c1ccc(C(=O)C2CC2)cn1. The van der Waals surface area contributed by atoms with Crippen molar-refractivity contribution in [2.75, 3.05) is 10.2 Å². The molecule has 1 saturated carbocycles. The van der Waals surface area contributed by atoms with E-state index in [0.717, 1.165) is 49.9 Å². The Morgan fingerprint density at radius 1 is 1.00 bits per heavy atom. The third-order valence-corrected chi connectivity index (χ3v) is 8.57. The van der Waals surface area contributed by atoms with Gasteiger partial charge in [-0.1, -0.05) is 13.8 Å². The lowest BCUT2D eigenvalue weighted by molar-refractivity contribution is 0.0923. The van der Waals surface area contributed by atoms with E-state index < -0.39 is 5.91 Å². The van der Waals surface area contributed by atoms with Gasteiger partial charge in [-0.2, -0.15) is 0 Å². The van der Waals surface area contributed by atoms with Crippen LogP contribution in [0.3, 0.4) is 0 Å². The molecule has 4 N–H and O–H groups in total. The number of Topliss-reactive ketones (excluding diaryl/α,β-unsaturated/α-hetero) is 1. The molecule has 8 nitrogen and oxygen atoms in total. The van der Waals surface area contributed by atoms with Crippen LogP contribution in [-0.4, -0.2) is 46.7 Å². The molecule has 2 aromatic rings. The van der Waals surface area contributed by atoms with Crippen molar-refractivity contribution in [2.45, 2.75) is 90.4 Å². The van der Waals surface area contributed by atoms with E-state index >= 15 is 0 Å². The molecule has 2 bridgehead atoms. The summed E-state index contributed by atoms with van der Waals surface area (Å²) in [6.45, 7) is 8.09. The molecule has 2 amide bonds. The van der Waals surface area contributed by atoms with Crippen LogP contribution in [0, 0.1) is 18.8 Å². The standard InChI is InChI=1S/C30H39N5O3/c1-16(2)18(4)33-26-14-24(17(3)11-25(26)29(31)37)30(38)34-21-12-22-8-9-23(13-21)35(22)27-10-7-20(15-32-27)28(36)19-5-6-19/h7,10-11,14-16,18-19,21-23,33H,5-6,8-9,12-13H2,1-4H3,(H2,31,37)(H,34,38)/t18-,21?,22?,23?/m1/s1. The summed E-state index contributed by atoms with van der Waals surface area (Å²) in [5.74, 6) is 1.03. The van der Waals surface area contributed by atoms with E-state index in [2.05, 4.69) is 34.4 Å². The van der Waals surface area contributed by atoms with Gasteiger partial charge in [-0.25, -0.2) is 4.98 Å². The van der Waals surface area contributed by atoms with Crippen LogP contribution < -0.4 is 21.3 Å². The number of carbonyl (C=O) groups is 3. The maximum atomic E-state index is 13.4. The molecule has 0 radical (unpaired) electrons. The van der Waals surface area contributed by atoms with Gasteiger partial charge in [-0.05, 0) is 88.1 Å². The first-order valence-electron chi connectivity index (χ1n) is 13.9. The molecule has 2 saturated heterocycles. The fourth-order valence-corrected chi connectivity index (χ4v) is 5.89. The number of amides is 2. The first-order valence-corrected chi connectivity index (χ1v) is 13.9. The van der Waals surface area contributed by atoms with Crippen molar-refractivity contribution in [2.24, 2.45) is 17.6 Å². The monoisotopic (exact) mass is 517 g/mol. The van der Waals surface area contributed by atoms with E-state index in [9.17, 15) is 14.4 Å². The van der Waals surface area contributed by atoms with Crippen LogP contribution in [-0.2, 0) is 0 Å². The largest absolute Gasteiger partial charge is 0.382 e. The lowest BCUT2D eigenvalue weighted by atomic mass is 9.95. The number of nitrogens with two attached hydrogens (primary N) is 1. The van der Waals surface area contributed by atoms with Crippen LogP contribution in [0.5, 0.6) is 0 Å². The van der Waals surface area contributed by atoms with Gasteiger partial charge in [0.15, 0.2) is 5.78 Å². The summed E-state index contributed by atoms with van der Waals surface area (Å²) in [6.07, 6.45) is 7.54. The maximum absolute atomic E-state index is 13.4. The molecule has 3 heterocycles. The number of carbonyl (C=O) groups excluding carboxylic acids is 3. The number of aromatic nitrogens is 1. The number of rotatable bonds is 9. The van der Waals surface area contributed by atoms with Crippen molar-refractivity contribution in [1.29, 1.82) is 0 Å². The molecule has 2 unspecified atom stereocenters. The predicted octanol–water partition coefficient (Wildman–Crippen LogP) is 4.47. The second-order valence-electron chi connectivity index (χ2n) is 11.7. The number of aryl methyl sites for hydroxylation is 1. The molecule has 8 heteroatoms. The van der Waals surface area contributed by atoms with Crippen molar-refractivity contribution < 1.29 is 14.4 Å². The van der Waals surface area contributed by atoms with Gasteiger partial charge in [-0.15, -0.1) is 0 Å². The van der Waals surface area contributed by atoms with Crippen LogP contribution in [0.15, 0.2) is 30.5 Å². The van der Waals surface area contributed by atoms with E-state index in [0.29, 0.717) is 40.4 Å². The van der Waals surface area contributed by atoms with Gasteiger partial charge < -0.3 is 21.3 Å². The topological polar surface area (TPSA) is 117 Å². The number of primary amides is 1. The number of nitrogens with one attached hydrogen (secondary N) is 2. The number of anilines is 2. The fraction of sp³-hybridized carbons (Fsp3) is 0.533.